The fourth-order valence-corrected chi connectivity index (χ4v) is 3.04. The summed E-state index contributed by atoms with van der Waals surface area (Å²) in [6.07, 6.45) is 0. The largest absolute Gasteiger partial charge is 0.425 e. The van der Waals surface area contributed by atoms with E-state index in [1.165, 1.54) is 6.07 Å². The molecule has 0 unspecified atom stereocenters. The average Bonchev–Trinajstić information content (AvgIpc) is 3.15. The van der Waals surface area contributed by atoms with Crippen LogP contribution in [0.3, 0.4) is 0 Å². The third kappa shape index (κ3) is 2.48. The molecule has 0 fully saturated rings. The Balaban J connectivity index is 1.66. The molecule has 0 saturated carbocycles. The Labute approximate surface area is 148 Å². The van der Waals surface area contributed by atoms with Crippen molar-refractivity contribution in [3.05, 3.63) is 63.3 Å². The van der Waals surface area contributed by atoms with Crippen molar-refractivity contribution in [2.45, 2.75) is 20.4 Å². The van der Waals surface area contributed by atoms with Gasteiger partial charge in [-0.2, -0.15) is 5.10 Å². The van der Waals surface area contributed by atoms with Gasteiger partial charge in [0.15, 0.2) is 5.76 Å². The standard InChI is InChI=1S/C19H17N3O4/c1-10-14(11(2)22(3)21-10)9-20-18(24)16-8-13-17(23)12-6-4-5-7-15(12)25-19(13)26-16/h4-8H,9H2,1-3H3,(H,20,24). The summed E-state index contributed by atoms with van der Waals surface area (Å²) in [5.74, 6) is -0.328. The molecule has 132 valence electrons. The van der Waals surface area contributed by atoms with Crippen LogP contribution in [0.15, 0.2) is 44.0 Å². The van der Waals surface area contributed by atoms with E-state index in [1.807, 2.05) is 20.9 Å². The number of carbonyl (C=O) groups excluding carboxylic acids is 1. The lowest BCUT2D eigenvalue weighted by atomic mass is 10.2. The van der Waals surface area contributed by atoms with Crippen molar-refractivity contribution in [2.75, 3.05) is 0 Å². The van der Waals surface area contributed by atoms with Gasteiger partial charge in [-0.05, 0) is 26.0 Å². The molecule has 0 aliphatic carbocycles. The molecule has 26 heavy (non-hydrogen) atoms. The van der Waals surface area contributed by atoms with Gasteiger partial charge in [-0.3, -0.25) is 14.3 Å². The van der Waals surface area contributed by atoms with E-state index >= 15 is 0 Å². The SMILES string of the molecule is Cc1nn(C)c(C)c1CNC(=O)c1cc2c(=O)c3ccccc3oc2o1. The van der Waals surface area contributed by atoms with Gasteiger partial charge in [0.05, 0.1) is 11.1 Å². The Morgan fingerprint density at radius 3 is 2.69 bits per heavy atom. The monoisotopic (exact) mass is 351 g/mol. The van der Waals surface area contributed by atoms with E-state index in [0.717, 1.165) is 17.0 Å². The van der Waals surface area contributed by atoms with Crippen molar-refractivity contribution in [1.29, 1.82) is 0 Å². The predicted octanol–water partition coefficient (Wildman–Crippen LogP) is 2.82. The highest BCUT2D eigenvalue weighted by Crippen LogP contribution is 2.22. The number of aryl methyl sites for hydroxylation is 2. The van der Waals surface area contributed by atoms with Gasteiger partial charge in [-0.15, -0.1) is 0 Å². The van der Waals surface area contributed by atoms with Gasteiger partial charge in [-0.1, -0.05) is 12.1 Å². The van der Waals surface area contributed by atoms with Crippen LogP contribution in [-0.2, 0) is 13.6 Å². The predicted molar refractivity (Wildman–Crippen MR) is 96.1 cm³/mol. The number of nitrogens with one attached hydrogen (secondary N) is 1. The Morgan fingerprint density at radius 1 is 1.19 bits per heavy atom. The van der Waals surface area contributed by atoms with Crippen molar-refractivity contribution in [2.24, 2.45) is 7.05 Å². The maximum atomic E-state index is 12.5. The first kappa shape index (κ1) is 16.1. The first-order valence-electron chi connectivity index (χ1n) is 8.18. The third-order valence-electron chi connectivity index (χ3n) is 4.59. The number of rotatable bonds is 3. The highest BCUT2D eigenvalue weighted by Gasteiger charge is 2.18. The summed E-state index contributed by atoms with van der Waals surface area (Å²) in [5.41, 5.74) is 3.00. The van der Waals surface area contributed by atoms with Crippen LogP contribution in [0.2, 0.25) is 0 Å². The highest BCUT2D eigenvalue weighted by atomic mass is 16.5. The smallest absolute Gasteiger partial charge is 0.302 e. The number of carbonyl (C=O) groups is 1. The quantitative estimate of drug-likeness (QED) is 0.613. The molecule has 7 nitrogen and oxygen atoms in total. The zero-order valence-electron chi connectivity index (χ0n) is 14.6. The molecule has 1 aromatic carbocycles. The number of fused-ring (bicyclic) bond motifs is 2. The lowest BCUT2D eigenvalue weighted by Crippen LogP contribution is -2.22. The Kier molecular flexibility index (Phi) is 3.64. The molecule has 7 heteroatoms. The van der Waals surface area contributed by atoms with Crippen LogP contribution in [0.1, 0.15) is 27.5 Å². The number of amides is 1. The molecule has 1 N–H and O–H groups in total. The van der Waals surface area contributed by atoms with Gasteiger partial charge >= 0.3 is 5.78 Å². The number of benzene rings is 1. The fourth-order valence-electron chi connectivity index (χ4n) is 3.04. The van der Waals surface area contributed by atoms with Gasteiger partial charge in [-0.25, -0.2) is 0 Å². The van der Waals surface area contributed by atoms with Crippen LogP contribution in [-0.4, -0.2) is 15.7 Å². The molecule has 0 saturated heterocycles. The van der Waals surface area contributed by atoms with Gasteiger partial charge < -0.3 is 14.2 Å². The second-order valence-corrected chi connectivity index (χ2v) is 6.19. The number of para-hydroxylation sites is 1. The third-order valence-corrected chi connectivity index (χ3v) is 4.59. The molecule has 4 aromatic rings. The Morgan fingerprint density at radius 2 is 1.96 bits per heavy atom. The Bertz CT molecular complexity index is 1210. The molecule has 0 aliphatic heterocycles. The molecule has 3 aromatic heterocycles. The first-order chi connectivity index (χ1) is 12.5. The van der Waals surface area contributed by atoms with Gasteiger partial charge in [0, 0.05) is 30.9 Å². The summed E-state index contributed by atoms with van der Waals surface area (Å²) in [7, 11) is 1.86. The van der Waals surface area contributed by atoms with E-state index in [9.17, 15) is 9.59 Å². The molecule has 1 amide bonds. The van der Waals surface area contributed by atoms with E-state index in [-0.39, 0.29) is 22.4 Å². The van der Waals surface area contributed by atoms with Gasteiger partial charge in [0.2, 0.25) is 5.43 Å². The van der Waals surface area contributed by atoms with Crippen molar-refractivity contribution >= 4 is 28.0 Å². The Hall–Kier alpha value is -3.35. The number of furan rings is 1. The fraction of sp³-hybridized carbons (Fsp3) is 0.211. The zero-order valence-corrected chi connectivity index (χ0v) is 14.6. The number of hydrogen-bond donors (Lipinski definition) is 1. The summed E-state index contributed by atoms with van der Waals surface area (Å²) in [4.78, 5) is 25.0. The second kappa shape index (κ2) is 5.87. The van der Waals surface area contributed by atoms with E-state index in [4.69, 9.17) is 8.83 Å². The van der Waals surface area contributed by atoms with Crippen LogP contribution in [0.5, 0.6) is 0 Å². The van der Waals surface area contributed by atoms with Crippen molar-refractivity contribution in [3.8, 4) is 0 Å². The normalized spacial score (nSPS) is 11.3. The summed E-state index contributed by atoms with van der Waals surface area (Å²) < 4.78 is 12.8. The van der Waals surface area contributed by atoms with Crippen molar-refractivity contribution in [3.63, 3.8) is 0 Å². The lowest BCUT2D eigenvalue weighted by molar-refractivity contribution is 0.0923. The van der Waals surface area contributed by atoms with Crippen LogP contribution >= 0.6 is 0 Å². The minimum atomic E-state index is -0.414. The van der Waals surface area contributed by atoms with Crippen LogP contribution in [0.4, 0.5) is 0 Å². The topological polar surface area (TPSA) is 90.3 Å². The molecule has 0 bridgehead atoms. The lowest BCUT2D eigenvalue weighted by Gasteiger charge is -2.03. The van der Waals surface area contributed by atoms with Crippen LogP contribution in [0, 0.1) is 13.8 Å². The first-order valence-corrected chi connectivity index (χ1v) is 8.18. The van der Waals surface area contributed by atoms with Crippen LogP contribution in [0.25, 0.3) is 22.1 Å². The van der Waals surface area contributed by atoms with Crippen molar-refractivity contribution in [1.82, 2.24) is 15.1 Å². The van der Waals surface area contributed by atoms with Gasteiger partial charge in [0.1, 0.15) is 11.0 Å². The van der Waals surface area contributed by atoms with E-state index < -0.39 is 5.91 Å². The summed E-state index contributed by atoms with van der Waals surface area (Å²) in [6, 6.07) is 8.32. The van der Waals surface area contributed by atoms with E-state index in [0.29, 0.717) is 17.5 Å². The molecule has 0 atom stereocenters. The summed E-state index contributed by atoms with van der Waals surface area (Å²) in [5, 5.41) is 7.83. The second-order valence-electron chi connectivity index (χ2n) is 6.19. The summed E-state index contributed by atoms with van der Waals surface area (Å²) >= 11 is 0. The van der Waals surface area contributed by atoms with E-state index in [2.05, 4.69) is 10.4 Å². The molecule has 0 spiro atoms. The molecule has 4 rings (SSSR count). The van der Waals surface area contributed by atoms with Crippen molar-refractivity contribution < 1.29 is 13.6 Å². The highest BCUT2D eigenvalue weighted by molar-refractivity contribution is 5.97. The molecular weight excluding hydrogens is 334 g/mol. The minimum absolute atomic E-state index is 0.0374. The number of hydrogen-bond acceptors (Lipinski definition) is 5. The molecule has 3 heterocycles. The van der Waals surface area contributed by atoms with E-state index in [1.54, 1.807) is 28.9 Å². The summed E-state index contributed by atoms with van der Waals surface area (Å²) in [6.45, 7) is 4.16. The molecule has 0 aliphatic rings. The zero-order chi connectivity index (χ0) is 18.4. The maximum absolute atomic E-state index is 12.5. The minimum Gasteiger partial charge on any atom is -0.425 e. The number of aromatic nitrogens is 2. The average molecular weight is 351 g/mol. The molecule has 0 radical (unpaired) electrons. The number of nitrogens with zero attached hydrogens (tertiary/aromatic N) is 2. The van der Waals surface area contributed by atoms with Crippen LogP contribution < -0.4 is 10.7 Å². The maximum Gasteiger partial charge on any atom is 0.302 e. The molecular formula is C19H17N3O4. The van der Waals surface area contributed by atoms with Gasteiger partial charge in [0.25, 0.3) is 5.91 Å².